The monoisotopic (exact) mass is 359 g/mol. The molecule has 0 radical (unpaired) electrons. The molecule has 1 aromatic carbocycles. The van der Waals surface area contributed by atoms with Crippen molar-refractivity contribution in [2.75, 3.05) is 12.4 Å². The van der Waals surface area contributed by atoms with Gasteiger partial charge < -0.3 is 9.30 Å². The minimum absolute atomic E-state index is 0.595. The zero-order chi connectivity index (χ0) is 17.6. The van der Waals surface area contributed by atoms with Gasteiger partial charge >= 0.3 is 0 Å². The summed E-state index contributed by atoms with van der Waals surface area (Å²) in [5.74, 6) is 3.04. The van der Waals surface area contributed by atoms with Crippen LogP contribution in [-0.4, -0.2) is 27.1 Å². The van der Waals surface area contributed by atoms with Gasteiger partial charge in [0, 0.05) is 11.8 Å². The second-order valence-corrected chi connectivity index (χ2v) is 8.13. The molecule has 3 rings (SSSR count). The number of hydrogen-bond donors (Lipinski definition) is 0. The molecule has 25 heavy (non-hydrogen) atoms. The van der Waals surface area contributed by atoms with Gasteiger partial charge in [0.15, 0.2) is 5.16 Å². The van der Waals surface area contributed by atoms with E-state index in [1.165, 1.54) is 43.2 Å². The molecule has 0 bridgehead atoms. The van der Waals surface area contributed by atoms with Crippen molar-refractivity contribution in [3.63, 3.8) is 0 Å². The van der Waals surface area contributed by atoms with E-state index in [-0.39, 0.29) is 0 Å². The molecule has 2 aromatic rings. The van der Waals surface area contributed by atoms with Crippen LogP contribution >= 0.6 is 11.8 Å². The highest BCUT2D eigenvalue weighted by Crippen LogP contribution is 2.32. The minimum Gasteiger partial charge on any atom is -0.494 e. The topological polar surface area (TPSA) is 39.9 Å². The van der Waals surface area contributed by atoms with Crippen molar-refractivity contribution in [1.29, 1.82) is 0 Å². The highest BCUT2D eigenvalue weighted by atomic mass is 32.2. The van der Waals surface area contributed by atoms with Gasteiger partial charge in [-0.2, -0.15) is 0 Å². The van der Waals surface area contributed by atoms with Crippen molar-refractivity contribution in [2.45, 2.75) is 70.5 Å². The number of nitrogens with zero attached hydrogens (tertiary/aromatic N) is 3. The van der Waals surface area contributed by atoms with Crippen molar-refractivity contribution in [3.8, 4) is 5.75 Å². The molecule has 5 heteroatoms. The summed E-state index contributed by atoms with van der Waals surface area (Å²) in [4.78, 5) is 0. The number of ether oxygens (including phenoxy) is 1. The molecule has 0 atom stereocenters. The molecular weight excluding hydrogens is 330 g/mol. The Kier molecular flexibility index (Phi) is 6.40. The van der Waals surface area contributed by atoms with Gasteiger partial charge in [-0.15, -0.1) is 10.2 Å². The highest BCUT2D eigenvalue weighted by molar-refractivity contribution is 7.99. The molecule has 1 aromatic heterocycles. The number of rotatable bonds is 7. The first kappa shape index (κ1) is 18.3. The maximum Gasteiger partial charge on any atom is 0.191 e. The van der Waals surface area contributed by atoms with Crippen LogP contribution in [0.5, 0.6) is 5.75 Å². The minimum atomic E-state index is 0.595. The predicted octanol–water partition coefficient (Wildman–Crippen LogP) is 5.27. The predicted molar refractivity (Wildman–Crippen MR) is 104 cm³/mol. The lowest BCUT2D eigenvalue weighted by molar-refractivity contribution is 0.318. The summed E-state index contributed by atoms with van der Waals surface area (Å²) in [6.07, 6.45) is 7.57. The molecule has 0 aliphatic heterocycles. The maximum atomic E-state index is 5.90. The number of aromatic nitrogens is 3. The average Bonchev–Trinajstić information content (AvgIpc) is 2.95. The van der Waals surface area contributed by atoms with Crippen LogP contribution < -0.4 is 4.74 Å². The van der Waals surface area contributed by atoms with E-state index in [2.05, 4.69) is 53.7 Å². The molecule has 0 amide bonds. The first-order valence-electron chi connectivity index (χ1n) is 9.39. The Morgan fingerprint density at radius 2 is 1.76 bits per heavy atom. The van der Waals surface area contributed by atoms with Crippen molar-refractivity contribution in [3.05, 3.63) is 35.2 Å². The van der Waals surface area contributed by atoms with Gasteiger partial charge in [-0.1, -0.05) is 37.1 Å². The van der Waals surface area contributed by atoms with Crippen LogP contribution in [0, 0.1) is 20.8 Å². The molecule has 0 N–H and O–H groups in total. The summed E-state index contributed by atoms with van der Waals surface area (Å²) < 4.78 is 8.27. The van der Waals surface area contributed by atoms with Crippen molar-refractivity contribution in [1.82, 2.24) is 14.8 Å². The maximum absolute atomic E-state index is 5.90. The van der Waals surface area contributed by atoms with Crippen LogP contribution in [0.3, 0.4) is 0 Å². The Hall–Kier alpha value is -1.49. The van der Waals surface area contributed by atoms with Gasteiger partial charge in [0.05, 0.1) is 6.61 Å². The molecule has 1 heterocycles. The van der Waals surface area contributed by atoms with E-state index < -0.39 is 0 Å². The standard InChI is InChI=1S/C20H29N3OS/c1-15-12-16(2)14-19(13-15)24-10-7-11-25-20-22-21-17(3)23(20)18-8-5-4-6-9-18/h12-14,18H,4-11H2,1-3H3. The van der Waals surface area contributed by atoms with E-state index >= 15 is 0 Å². The zero-order valence-electron chi connectivity index (χ0n) is 15.6. The quantitative estimate of drug-likeness (QED) is 0.499. The molecule has 0 unspecified atom stereocenters. The van der Waals surface area contributed by atoms with Crippen LogP contribution in [0.15, 0.2) is 23.4 Å². The van der Waals surface area contributed by atoms with Gasteiger partial charge in [0.1, 0.15) is 11.6 Å². The van der Waals surface area contributed by atoms with Crippen LogP contribution in [0.2, 0.25) is 0 Å². The number of aryl methyl sites for hydroxylation is 3. The molecule has 1 aliphatic rings. The zero-order valence-corrected chi connectivity index (χ0v) is 16.4. The third-order valence-corrected chi connectivity index (χ3v) is 5.79. The lowest BCUT2D eigenvalue weighted by Gasteiger charge is -2.25. The molecule has 1 fully saturated rings. The second kappa shape index (κ2) is 8.75. The molecular formula is C20H29N3OS. The van der Waals surface area contributed by atoms with E-state index in [0.29, 0.717) is 6.04 Å². The van der Waals surface area contributed by atoms with Gasteiger partial charge in [0.25, 0.3) is 0 Å². The first-order valence-corrected chi connectivity index (χ1v) is 10.4. The van der Waals surface area contributed by atoms with E-state index in [1.807, 2.05) is 11.8 Å². The van der Waals surface area contributed by atoms with Crippen LogP contribution in [0.25, 0.3) is 0 Å². The Labute approximate surface area is 155 Å². The summed E-state index contributed by atoms with van der Waals surface area (Å²) in [7, 11) is 0. The lowest BCUT2D eigenvalue weighted by Crippen LogP contribution is -2.15. The Balaban J connectivity index is 1.47. The molecule has 1 aliphatic carbocycles. The molecule has 4 nitrogen and oxygen atoms in total. The molecule has 0 saturated heterocycles. The van der Waals surface area contributed by atoms with E-state index in [9.17, 15) is 0 Å². The molecule has 136 valence electrons. The number of hydrogen-bond acceptors (Lipinski definition) is 4. The number of benzene rings is 1. The smallest absolute Gasteiger partial charge is 0.191 e. The summed E-state index contributed by atoms with van der Waals surface area (Å²) in [5.41, 5.74) is 2.50. The lowest BCUT2D eigenvalue weighted by atomic mass is 9.95. The van der Waals surface area contributed by atoms with E-state index in [1.54, 1.807) is 0 Å². The largest absolute Gasteiger partial charge is 0.494 e. The van der Waals surface area contributed by atoms with Crippen molar-refractivity contribution >= 4 is 11.8 Å². The second-order valence-electron chi connectivity index (χ2n) is 7.07. The van der Waals surface area contributed by atoms with Crippen LogP contribution in [0.4, 0.5) is 0 Å². The molecule has 0 spiro atoms. The van der Waals surface area contributed by atoms with Gasteiger partial charge in [-0.25, -0.2) is 0 Å². The fraction of sp³-hybridized carbons (Fsp3) is 0.600. The fourth-order valence-electron chi connectivity index (χ4n) is 3.64. The average molecular weight is 360 g/mol. The van der Waals surface area contributed by atoms with E-state index in [4.69, 9.17) is 4.74 Å². The Morgan fingerprint density at radius 3 is 2.48 bits per heavy atom. The van der Waals surface area contributed by atoms with Crippen LogP contribution in [-0.2, 0) is 0 Å². The Morgan fingerprint density at radius 1 is 1.04 bits per heavy atom. The van der Waals surface area contributed by atoms with Gasteiger partial charge in [-0.05, 0) is 63.3 Å². The van der Waals surface area contributed by atoms with Crippen molar-refractivity contribution in [2.24, 2.45) is 0 Å². The normalized spacial score (nSPS) is 15.5. The third-order valence-electron chi connectivity index (χ3n) is 4.76. The summed E-state index contributed by atoms with van der Waals surface area (Å²) in [5, 5.41) is 9.80. The van der Waals surface area contributed by atoms with Gasteiger partial charge in [-0.3, -0.25) is 0 Å². The SMILES string of the molecule is Cc1cc(C)cc(OCCCSc2nnc(C)n2C2CCCCC2)c1. The summed E-state index contributed by atoms with van der Waals surface area (Å²) >= 11 is 1.81. The van der Waals surface area contributed by atoms with Crippen LogP contribution in [0.1, 0.15) is 61.5 Å². The highest BCUT2D eigenvalue weighted by Gasteiger charge is 2.21. The molecule has 1 saturated carbocycles. The van der Waals surface area contributed by atoms with E-state index in [0.717, 1.165) is 35.5 Å². The Bertz CT molecular complexity index is 672. The summed E-state index contributed by atoms with van der Waals surface area (Å²) in [6, 6.07) is 6.97. The van der Waals surface area contributed by atoms with Crippen molar-refractivity contribution < 1.29 is 4.74 Å². The van der Waals surface area contributed by atoms with Gasteiger partial charge in [0.2, 0.25) is 0 Å². The summed E-state index contributed by atoms with van der Waals surface area (Å²) in [6.45, 7) is 7.04. The first-order chi connectivity index (χ1) is 12.1. The fourth-order valence-corrected chi connectivity index (χ4v) is 4.60. The third kappa shape index (κ3) is 5.00. The number of thioether (sulfide) groups is 1.